The molecule has 2 aromatic carbocycles. The highest BCUT2D eigenvalue weighted by Gasteiger charge is 2.14. The molecule has 5 heteroatoms. The summed E-state index contributed by atoms with van der Waals surface area (Å²) in [5, 5.41) is 2.55. The lowest BCUT2D eigenvalue weighted by Gasteiger charge is -2.06. The summed E-state index contributed by atoms with van der Waals surface area (Å²) in [6.45, 7) is 0. The molecule has 0 radical (unpaired) electrons. The second kappa shape index (κ2) is 5.43. The van der Waals surface area contributed by atoms with Gasteiger partial charge in [-0.2, -0.15) is 0 Å². The molecule has 3 heterocycles. The van der Waals surface area contributed by atoms with Crippen molar-refractivity contribution in [2.45, 2.75) is 0 Å². The number of benzene rings is 2. The van der Waals surface area contributed by atoms with E-state index < -0.39 is 0 Å². The van der Waals surface area contributed by atoms with E-state index in [1.807, 2.05) is 64.6 Å². The molecule has 0 atom stereocenters. The van der Waals surface area contributed by atoms with Crippen molar-refractivity contribution in [2.24, 2.45) is 0 Å². The minimum atomic E-state index is -0.0528. The first-order valence-corrected chi connectivity index (χ1v) is 8.72. The zero-order chi connectivity index (χ0) is 16.8. The molecule has 120 valence electrons. The normalized spacial score (nSPS) is 11.4. The van der Waals surface area contributed by atoms with Crippen molar-refractivity contribution in [3.8, 4) is 22.6 Å². The third-order valence-electron chi connectivity index (χ3n) is 4.18. The molecule has 0 spiro atoms. The van der Waals surface area contributed by atoms with Gasteiger partial charge in [0.15, 0.2) is 10.4 Å². The molecule has 5 rings (SSSR count). The van der Waals surface area contributed by atoms with E-state index in [1.54, 1.807) is 23.5 Å². The van der Waals surface area contributed by atoms with Crippen molar-refractivity contribution < 1.29 is 4.42 Å². The van der Waals surface area contributed by atoms with Gasteiger partial charge in [-0.3, -0.25) is 9.20 Å². The molecule has 0 amide bonds. The minimum absolute atomic E-state index is 0.0528. The number of thiazole rings is 1. The van der Waals surface area contributed by atoms with Crippen molar-refractivity contribution in [2.75, 3.05) is 0 Å². The lowest BCUT2D eigenvalue weighted by molar-refractivity contribution is 0.620. The molecular formula is C20H12N2O2S. The molecular weight excluding hydrogens is 332 g/mol. The fraction of sp³-hybridized carbons (Fsp3) is 0. The lowest BCUT2D eigenvalue weighted by atomic mass is 10.1. The van der Waals surface area contributed by atoms with Crippen LogP contribution in [-0.2, 0) is 0 Å². The van der Waals surface area contributed by atoms with Crippen LogP contribution in [0.5, 0.6) is 0 Å². The molecule has 0 aliphatic carbocycles. The number of hydrogen-bond donors (Lipinski definition) is 0. The summed E-state index contributed by atoms with van der Waals surface area (Å²) in [6, 6.07) is 16.8. The van der Waals surface area contributed by atoms with E-state index in [0.717, 1.165) is 21.8 Å². The Kier molecular flexibility index (Phi) is 3.08. The fourth-order valence-electron chi connectivity index (χ4n) is 2.98. The van der Waals surface area contributed by atoms with Gasteiger partial charge in [0, 0.05) is 35.0 Å². The Balaban J connectivity index is 1.80. The van der Waals surface area contributed by atoms with Crippen LogP contribution in [-0.4, -0.2) is 9.38 Å². The van der Waals surface area contributed by atoms with E-state index in [1.165, 1.54) is 0 Å². The second-order valence-electron chi connectivity index (χ2n) is 5.74. The molecule has 0 aliphatic heterocycles. The van der Waals surface area contributed by atoms with Gasteiger partial charge in [-0.05, 0) is 12.1 Å². The first-order valence-electron chi connectivity index (χ1n) is 7.84. The van der Waals surface area contributed by atoms with Gasteiger partial charge in [0.1, 0.15) is 11.3 Å². The predicted octanol–water partition coefficient (Wildman–Crippen LogP) is 4.84. The zero-order valence-electron chi connectivity index (χ0n) is 13.0. The highest BCUT2D eigenvalue weighted by molar-refractivity contribution is 7.15. The summed E-state index contributed by atoms with van der Waals surface area (Å²) < 4.78 is 8.11. The highest BCUT2D eigenvalue weighted by atomic mass is 32.1. The fourth-order valence-corrected chi connectivity index (χ4v) is 3.68. The van der Waals surface area contributed by atoms with E-state index >= 15 is 0 Å². The molecule has 0 N–H and O–H groups in total. The van der Waals surface area contributed by atoms with Crippen molar-refractivity contribution in [3.63, 3.8) is 0 Å². The van der Waals surface area contributed by atoms with Gasteiger partial charge < -0.3 is 4.42 Å². The van der Waals surface area contributed by atoms with Gasteiger partial charge in [0.05, 0.1) is 11.1 Å². The Morgan fingerprint density at radius 2 is 1.92 bits per heavy atom. The predicted molar refractivity (Wildman–Crippen MR) is 100.0 cm³/mol. The van der Waals surface area contributed by atoms with Gasteiger partial charge in [0.25, 0.3) is 0 Å². The Labute approximate surface area is 146 Å². The van der Waals surface area contributed by atoms with E-state index in [9.17, 15) is 4.79 Å². The maximum Gasteiger partial charge on any atom is 0.194 e. The molecule has 25 heavy (non-hydrogen) atoms. The van der Waals surface area contributed by atoms with Crippen LogP contribution in [0.2, 0.25) is 0 Å². The second-order valence-corrected chi connectivity index (χ2v) is 6.62. The minimum Gasteiger partial charge on any atom is -0.455 e. The van der Waals surface area contributed by atoms with Gasteiger partial charge in [-0.1, -0.05) is 36.4 Å². The van der Waals surface area contributed by atoms with Crippen LogP contribution in [0.4, 0.5) is 0 Å². The molecule has 0 aliphatic rings. The topological polar surface area (TPSA) is 47.5 Å². The maximum atomic E-state index is 12.6. The monoisotopic (exact) mass is 344 g/mol. The summed E-state index contributed by atoms with van der Waals surface area (Å²) in [4.78, 5) is 18.2. The average molecular weight is 344 g/mol. The Bertz CT molecular complexity index is 1240. The van der Waals surface area contributed by atoms with Gasteiger partial charge in [-0.25, -0.2) is 4.98 Å². The number of para-hydroxylation sites is 1. The molecule has 3 aromatic heterocycles. The summed E-state index contributed by atoms with van der Waals surface area (Å²) in [7, 11) is 0. The first kappa shape index (κ1) is 14.2. The van der Waals surface area contributed by atoms with E-state index in [0.29, 0.717) is 16.7 Å². The number of hydrogen-bond acceptors (Lipinski definition) is 4. The van der Waals surface area contributed by atoms with E-state index in [2.05, 4.69) is 4.98 Å². The van der Waals surface area contributed by atoms with Crippen molar-refractivity contribution >= 4 is 27.3 Å². The van der Waals surface area contributed by atoms with E-state index in [4.69, 9.17) is 4.42 Å². The van der Waals surface area contributed by atoms with Crippen LogP contribution < -0.4 is 5.43 Å². The summed E-state index contributed by atoms with van der Waals surface area (Å²) in [5.41, 5.74) is 3.01. The van der Waals surface area contributed by atoms with Crippen LogP contribution >= 0.6 is 11.3 Å². The third-order valence-corrected chi connectivity index (χ3v) is 4.95. The zero-order valence-corrected chi connectivity index (χ0v) is 13.9. The number of rotatable bonds is 2. The molecule has 4 nitrogen and oxygen atoms in total. The van der Waals surface area contributed by atoms with Crippen LogP contribution in [0.15, 0.2) is 81.6 Å². The van der Waals surface area contributed by atoms with Crippen LogP contribution in [0.3, 0.4) is 0 Å². The van der Waals surface area contributed by atoms with Crippen molar-refractivity contribution in [1.82, 2.24) is 9.38 Å². The average Bonchev–Trinajstić information content (AvgIpc) is 3.24. The molecule has 5 aromatic rings. The molecule has 0 saturated heterocycles. The Hall–Kier alpha value is -3.18. The largest absolute Gasteiger partial charge is 0.455 e. The quantitative estimate of drug-likeness (QED) is 0.460. The first-order chi connectivity index (χ1) is 12.3. The number of aromatic nitrogens is 2. The molecule has 0 unspecified atom stereocenters. The molecule has 0 saturated carbocycles. The molecule has 0 bridgehead atoms. The van der Waals surface area contributed by atoms with Gasteiger partial charge >= 0.3 is 0 Å². The lowest BCUT2D eigenvalue weighted by Crippen LogP contribution is -2.01. The smallest absolute Gasteiger partial charge is 0.194 e. The van der Waals surface area contributed by atoms with Crippen LogP contribution in [0.25, 0.3) is 38.5 Å². The summed E-state index contributed by atoms with van der Waals surface area (Å²) in [5.74, 6) is 0.562. The number of imidazole rings is 1. The van der Waals surface area contributed by atoms with E-state index in [-0.39, 0.29) is 5.43 Å². The Morgan fingerprint density at radius 3 is 2.76 bits per heavy atom. The highest BCUT2D eigenvalue weighted by Crippen LogP contribution is 2.30. The van der Waals surface area contributed by atoms with Gasteiger partial charge in [0.2, 0.25) is 0 Å². The summed E-state index contributed by atoms with van der Waals surface area (Å²) in [6.07, 6.45) is 3.92. The molecule has 0 fully saturated rings. The van der Waals surface area contributed by atoms with Crippen molar-refractivity contribution in [3.05, 3.63) is 82.6 Å². The SMILES string of the molecule is O=c1cc(-c2ccccc2)oc2c(-c3cn4ccsc4n3)cccc12. The van der Waals surface area contributed by atoms with Gasteiger partial charge in [-0.15, -0.1) is 11.3 Å². The van der Waals surface area contributed by atoms with Crippen LogP contribution in [0.1, 0.15) is 0 Å². The standard InChI is InChI=1S/C20H12N2O2S/c23-17-11-18(13-5-2-1-3-6-13)24-19-14(7-4-8-15(17)19)16-12-22-9-10-25-20(22)21-16/h1-12H. The van der Waals surface area contributed by atoms with Crippen LogP contribution in [0, 0.1) is 0 Å². The number of nitrogens with zero attached hydrogens (tertiary/aromatic N) is 2. The third kappa shape index (κ3) is 2.28. The maximum absolute atomic E-state index is 12.6. The Morgan fingerprint density at radius 1 is 1.04 bits per heavy atom. The van der Waals surface area contributed by atoms with Crippen molar-refractivity contribution in [1.29, 1.82) is 0 Å². The summed E-state index contributed by atoms with van der Waals surface area (Å²) >= 11 is 1.57. The number of fused-ring (bicyclic) bond motifs is 2.